The van der Waals surface area contributed by atoms with Gasteiger partial charge in [0.05, 0.1) is 15.9 Å². The van der Waals surface area contributed by atoms with Gasteiger partial charge in [-0.1, -0.05) is 0 Å². The molecule has 8 heteroatoms. The molecule has 0 aromatic carbocycles. The molecule has 2 aromatic rings. The lowest BCUT2D eigenvalue weighted by Crippen LogP contribution is -2.23. The van der Waals surface area contributed by atoms with Crippen molar-refractivity contribution in [2.45, 2.75) is 6.54 Å². The Labute approximate surface area is 120 Å². The quantitative estimate of drug-likeness (QED) is 0.867. The molecule has 0 spiro atoms. The van der Waals surface area contributed by atoms with E-state index in [2.05, 4.69) is 25.9 Å². The van der Waals surface area contributed by atoms with Crippen LogP contribution in [0.15, 0.2) is 22.1 Å². The highest BCUT2D eigenvalue weighted by atomic mass is 79.9. The lowest BCUT2D eigenvalue weighted by molar-refractivity contribution is 0.153. The van der Waals surface area contributed by atoms with Gasteiger partial charge in [0.2, 0.25) is 5.95 Å². The topological polar surface area (TPSA) is 66.3 Å². The van der Waals surface area contributed by atoms with E-state index in [1.807, 2.05) is 0 Å². The zero-order chi connectivity index (χ0) is 14.0. The molecule has 2 aromatic heterocycles. The molecule has 0 atom stereocenters. The van der Waals surface area contributed by atoms with E-state index >= 15 is 0 Å². The highest BCUT2D eigenvalue weighted by Crippen LogP contribution is 2.34. The second-order valence-electron chi connectivity index (χ2n) is 3.71. The highest BCUT2D eigenvalue weighted by molar-refractivity contribution is 9.11. The van der Waals surface area contributed by atoms with Crippen LogP contribution in [0.1, 0.15) is 5.01 Å². The SMILES string of the molecule is CN(Cc1nc(-c2cccnc2F)c(Br)s1)C(=O)O. The molecule has 19 heavy (non-hydrogen) atoms. The first-order valence-electron chi connectivity index (χ1n) is 5.19. The van der Waals surface area contributed by atoms with Gasteiger partial charge in [0.25, 0.3) is 0 Å². The van der Waals surface area contributed by atoms with Crippen molar-refractivity contribution in [3.8, 4) is 11.3 Å². The van der Waals surface area contributed by atoms with Crippen LogP contribution >= 0.6 is 27.3 Å². The Balaban J connectivity index is 2.32. The number of hydrogen-bond donors (Lipinski definition) is 1. The smallest absolute Gasteiger partial charge is 0.407 e. The van der Waals surface area contributed by atoms with E-state index in [4.69, 9.17) is 5.11 Å². The molecule has 0 aliphatic carbocycles. The van der Waals surface area contributed by atoms with E-state index in [9.17, 15) is 9.18 Å². The Kier molecular flexibility index (Phi) is 4.11. The highest BCUT2D eigenvalue weighted by Gasteiger charge is 2.17. The first-order chi connectivity index (χ1) is 8.99. The van der Waals surface area contributed by atoms with Gasteiger partial charge in [-0.05, 0) is 28.1 Å². The minimum Gasteiger partial charge on any atom is -0.465 e. The van der Waals surface area contributed by atoms with Gasteiger partial charge in [0, 0.05) is 13.2 Å². The molecule has 0 fully saturated rings. The molecule has 0 aliphatic rings. The summed E-state index contributed by atoms with van der Waals surface area (Å²) in [6.45, 7) is 0.153. The summed E-state index contributed by atoms with van der Waals surface area (Å²) in [7, 11) is 1.45. The summed E-state index contributed by atoms with van der Waals surface area (Å²) in [6.07, 6.45) is 0.318. The number of amides is 1. The Bertz CT molecular complexity index is 620. The summed E-state index contributed by atoms with van der Waals surface area (Å²) in [4.78, 5) is 19.7. The zero-order valence-electron chi connectivity index (χ0n) is 9.80. The first kappa shape index (κ1) is 13.9. The Morgan fingerprint density at radius 3 is 3.00 bits per heavy atom. The van der Waals surface area contributed by atoms with Crippen molar-refractivity contribution in [3.63, 3.8) is 0 Å². The monoisotopic (exact) mass is 345 g/mol. The third-order valence-corrected chi connectivity index (χ3v) is 4.03. The second kappa shape index (κ2) is 5.62. The van der Waals surface area contributed by atoms with Gasteiger partial charge in [-0.2, -0.15) is 4.39 Å². The molecule has 2 rings (SSSR count). The van der Waals surface area contributed by atoms with Gasteiger partial charge >= 0.3 is 6.09 Å². The molecule has 5 nitrogen and oxygen atoms in total. The molecular formula is C11H9BrFN3O2S. The van der Waals surface area contributed by atoms with E-state index in [1.165, 1.54) is 24.6 Å². The number of hydrogen-bond acceptors (Lipinski definition) is 4. The number of rotatable bonds is 3. The van der Waals surface area contributed by atoms with Crippen LogP contribution in [0.2, 0.25) is 0 Å². The number of pyridine rings is 1. The van der Waals surface area contributed by atoms with E-state index < -0.39 is 12.0 Å². The van der Waals surface area contributed by atoms with Gasteiger partial charge in [-0.3, -0.25) is 0 Å². The fourth-order valence-corrected chi connectivity index (χ4v) is 3.13. The Morgan fingerprint density at radius 2 is 2.37 bits per heavy atom. The number of thiazole rings is 1. The van der Waals surface area contributed by atoms with E-state index in [1.54, 1.807) is 12.1 Å². The first-order valence-corrected chi connectivity index (χ1v) is 6.80. The summed E-state index contributed by atoms with van der Waals surface area (Å²) in [5.41, 5.74) is 0.722. The number of carbonyl (C=O) groups is 1. The van der Waals surface area contributed by atoms with Crippen LogP contribution in [-0.4, -0.2) is 33.1 Å². The molecule has 0 unspecified atom stereocenters. The standard InChI is InChI=1S/C11H9BrFN3O2S/c1-16(11(17)18)5-7-15-8(9(12)19-7)6-3-2-4-14-10(6)13/h2-4H,5H2,1H3,(H,17,18). The van der Waals surface area contributed by atoms with Crippen molar-refractivity contribution in [1.29, 1.82) is 0 Å². The Morgan fingerprint density at radius 1 is 1.63 bits per heavy atom. The average Bonchev–Trinajstić information content (AvgIpc) is 2.70. The minimum absolute atomic E-state index is 0.153. The average molecular weight is 346 g/mol. The summed E-state index contributed by atoms with van der Waals surface area (Å²) in [6, 6.07) is 3.19. The molecule has 1 N–H and O–H groups in total. The van der Waals surface area contributed by atoms with Crippen molar-refractivity contribution >= 4 is 33.4 Å². The lowest BCUT2D eigenvalue weighted by atomic mass is 10.2. The fraction of sp³-hybridized carbons (Fsp3) is 0.182. The molecule has 0 bridgehead atoms. The van der Waals surface area contributed by atoms with Crippen LogP contribution in [0, 0.1) is 5.95 Å². The summed E-state index contributed by atoms with van der Waals surface area (Å²) >= 11 is 4.58. The van der Waals surface area contributed by atoms with Crippen LogP contribution in [0.25, 0.3) is 11.3 Å². The predicted octanol–water partition coefficient (Wildman–Crippen LogP) is 3.22. The largest absolute Gasteiger partial charge is 0.465 e. The molecule has 2 heterocycles. The molecule has 0 saturated heterocycles. The maximum Gasteiger partial charge on any atom is 0.407 e. The summed E-state index contributed by atoms with van der Waals surface area (Å²) in [5, 5.41) is 9.38. The molecule has 0 aliphatic heterocycles. The fourth-order valence-electron chi connectivity index (χ4n) is 1.41. The molecule has 0 saturated carbocycles. The van der Waals surface area contributed by atoms with E-state index in [-0.39, 0.29) is 12.1 Å². The van der Waals surface area contributed by atoms with Gasteiger partial charge in [-0.25, -0.2) is 14.8 Å². The van der Waals surface area contributed by atoms with Crippen molar-refractivity contribution in [3.05, 3.63) is 33.1 Å². The van der Waals surface area contributed by atoms with Crippen LogP contribution in [0.4, 0.5) is 9.18 Å². The molecule has 100 valence electrons. The van der Waals surface area contributed by atoms with Crippen molar-refractivity contribution in [2.75, 3.05) is 7.05 Å². The van der Waals surface area contributed by atoms with Crippen LogP contribution in [-0.2, 0) is 6.54 Å². The van der Waals surface area contributed by atoms with Crippen LogP contribution < -0.4 is 0 Å². The number of nitrogens with zero attached hydrogens (tertiary/aromatic N) is 3. The van der Waals surface area contributed by atoms with E-state index in [0.717, 1.165) is 4.90 Å². The van der Waals surface area contributed by atoms with Gasteiger partial charge < -0.3 is 10.0 Å². The van der Waals surface area contributed by atoms with Crippen LogP contribution in [0.3, 0.4) is 0 Å². The molecule has 1 amide bonds. The lowest BCUT2D eigenvalue weighted by Gasteiger charge is -2.09. The van der Waals surface area contributed by atoms with Crippen LogP contribution in [0.5, 0.6) is 0 Å². The van der Waals surface area contributed by atoms with Gasteiger partial charge in [-0.15, -0.1) is 11.3 Å². The minimum atomic E-state index is -1.04. The molecule has 0 radical (unpaired) electrons. The third-order valence-electron chi connectivity index (χ3n) is 2.34. The number of halogens is 2. The maximum absolute atomic E-state index is 13.6. The van der Waals surface area contributed by atoms with Gasteiger partial charge in [0.15, 0.2) is 0 Å². The number of aromatic nitrogens is 2. The van der Waals surface area contributed by atoms with Crippen molar-refractivity contribution < 1.29 is 14.3 Å². The number of carboxylic acid groups (broad SMARTS) is 1. The van der Waals surface area contributed by atoms with Gasteiger partial charge in [0.1, 0.15) is 10.7 Å². The summed E-state index contributed by atoms with van der Waals surface area (Å²) in [5.74, 6) is -0.605. The van der Waals surface area contributed by atoms with Crippen molar-refractivity contribution in [2.24, 2.45) is 0 Å². The third kappa shape index (κ3) is 3.07. The zero-order valence-corrected chi connectivity index (χ0v) is 12.2. The predicted molar refractivity (Wildman–Crippen MR) is 72.5 cm³/mol. The molecular weight excluding hydrogens is 337 g/mol. The maximum atomic E-state index is 13.6. The van der Waals surface area contributed by atoms with E-state index in [0.29, 0.717) is 14.5 Å². The van der Waals surface area contributed by atoms with Crippen molar-refractivity contribution in [1.82, 2.24) is 14.9 Å². The summed E-state index contributed by atoms with van der Waals surface area (Å²) < 4.78 is 14.2. The second-order valence-corrected chi connectivity index (χ2v) is 6.11. The Hall–Kier alpha value is -1.54. The normalized spacial score (nSPS) is 10.5.